The van der Waals surface area contributed by atoms with E-state index >= 15 is 0 Å². The summed E-state index contributed by atoms with van der Waals surface area (Å²) in [7, 11) is 0. The van der Waals surface area contributed by atoms with Gasteiger partial charge in [0.15, 0.2) is 0 Å². The van der Waals surface area contributed by atoms with Gasteiger partial charge in [-0.25, -0.2) is 0 Å². The Kier molecular flexibility index (Phi) is 5.12. The van der Waals surface area contributed by atoms with Gasteiger partial charge in [0.1, 0.15) is 6.10 Å². The van der Waals surface area contributed by atoms with Crippen LogP contribution in [-0.2, 0) is 9.53 Å². The van der Waals surface area contributed by atoms with Crippen molar-refractivity contribution in [1.29, 1.82) is 0 Å². The molecule has 10 atom stereocenters. The van der Waals surface area contributed by atoms with Crippen LogP contribution in [0.3, 0.4) is 0 Å². The van der Waals surface area contributed by atoms with Gasteiger partial charge in [0.05, 0.1) is 0 Å². The zero-order valence-electron chi connectivity index (χ0n) is 19.8. The molecule has 30 heavy (non-hydrogen) atoms. The molecule has 0 aliphatic heterocycles. The van der Waals surface area contributed by atoms with E-state index in [0.29, 0.717) is 29.3 Å². The van der Waals surface area contributed by atoms with Gasteiger partial charge in [-0.1, -0.05) is 27.2 Å². The predicted molar refractivity (Wildman–Crippen MR) is 119 cm³/mol. The molecule has 0 aromatic rings. The van der Waals surface area contributed by atoms with Crippen LogP contribution in [0.2, 0.25) is 0 Å². The van der Waals surface area contributed by atoms with E-state index in [1.54, 1.807) is 6.92 Å². The van der Waals surface area contributed by atoms with Crippen molar-refractivity contribution in [3.8, 4) is 0 Å². The monoisotopic (exact) mass is 416 g/mol. The summed E-state index contributed by atoms with van der Waals surface area (Å²) < 4.78 is 5.75. The number of carbonyl (C=O) groups is 1. The standard InChI is InChI=1S/C27H44O3/c1-17-20-9-13-26(4)21-10-15-27(16-28)12-5-6-22(27)19(21)7-8-24(26)25(20,3)14-11-23(17)30-18(2)29/h17,19-24,28H,5-16H2,1-4H3. The Morgan fingerprint density at radius 2 is 1.60 bits per heavy atom. The minimum Gasteiger partial charge on any atom is -0.462 e. The number of aliphatic hydroxyl groups is 1. The lowest BCUT2D eigenvalue weighted by molar-refractivity contribution is -0.202. The predicted octanol–water partition coefficient (Wildman–Crippen LogP) is 5.99. The maximum atomic E-state index is 11.6. The molecule has 5 aliphatic rings. The number of rotatable bonds is 2. The van der Waals surface area contributed by atoms with E-state index in [-0.39, 0.29) is 17.5 Å². The van der Waals surface area contributed by atoms with Crippen LogP contribution in [0.15, 0.2) is 0 Å². The van der Waals surface area contributed by atoms with Gasteiger partial charge < -0.3 is 9.84 Å². The fourth-order valence-corrected chi connectivity index (χ4v) is 10.6. The second-order valence-corrected chi connectivity index (χ2v) is 12.7. The maximum Gasteiger partial charge on any atom is 0.302 e. The molecule has 0 heterocycles. The van der Waals surface area contributed by atoms with Gasteiger partial charge in [-0.3, -0.25) is 4.79 Å². The third kappa shape index (κ3) is 2.82. The van der Waals surface area contributed by atoms with Crippen molar-refractivity contribution in [2.75, 3.05) is 6.61 Å². The molecule has 0 radical (unpaired) electrons. The molecular weight excluding hydrogens is 372 g/mol. The fraction of sp³-hybridized carbons (Fsp3) is 0.963. The highest BCUT2D eigenvalue weighted by Gasteiger charge is 2.64. The summed E-state index contributed by atoms with van der Waals surface area (Å²) in [5.41, 5.74) is 1.13. The Labute approximate surface area is 183 Å². The van der Waals surface area contributed by atoms with Crippen molar-refractivity contribution in [1.82, 2.24) is 0 Å². The third-order valence-electron chi connectivity index (χ3n) is 11.9. The molecule has 3 heteroatoms. The Balaban J connectivity index is 1.41. The van der Waals surface area contributed by atoms with Gasteiger partial charge in [0.25, 0.3) is 0 Å². The topological polar surface area (TPSA) is 46.5 Å². The summed E-state index contributed by atoms with van der Waals surface area (Å²) in [5, 5.41) is 10.3. The van der Waals surface area contributed by atoms with E-state index in [1.807, 2.05) is 0 Å². The van der Waals surface area contributed by atoms with Gasteiger partial charge in [-0.05, 0) is 116 Å². The Morgan fingerprint density at radius 3 is 2.33 bits per heavy atom. The van der Waals surface area contributed by atoms with E-state index in [0.717, 1.165) is 30.1 Å². The molecule has 0 amide bonds. The van der Waals surface area contributed by atoms with Crippen molar-refractivity contribution in [2.24, 2.45) is 51.8 Å². The molecule has 0 bridgehead atoms. The number of carbonyl (C=O) groups excluding carboxylic acids is 1. The van der Waals surface area contributed by atoms with Crippen molar-refractivity contribution < 1.29 is 14.6 Å². The first kappa shape index (κ1) is 21.3. The quantitative estimate of drug-likeness (QED) is 0.563. The lowest BCUT2D eigenvalue weighted by Crippen LogP contribution is -2.61. The first-order valence-electron chi connectivity index (χ1n) is 13.0. The second kappa shape index (κ2) is 7.22. The molecule has 0 spiro atoms. The largest absolute Gasteiger partial charge is 0.462 e. The number of ether oxygens (including phenoxy) is 1. The SMILES string of the molecule is CC(=O)OC1CCC2(C)C(CCC3(C)C4CCC5(CO)CCCC5C4CCC23)C1C. The molecule has 5 saturated carbocycles. The zero-order chi connectivity index (χ0) is 21.3. The molecule has 0 saturated heterocycles. The minimum absolute atomic E-state index is 0.109. The summed E-state index contributed by atoms with van der Waals surface area (Å²) in [6.07, 6.45) is 14.4. The van der Waals surface area contributed by atoms with E-state index in [1.165, 1.54) is 64.2 Å². The van der Waals surface area contributed by atoms with E-state index in [2.05, 4.69) is 20.8 Å². The highest BCUT2D eigenvalue weighted by Crippen LogP contribution is 2.71. The Morgan fingerprint density at radius 1 is 0.900 bits per heavy atom. The lowest BCUT2D eigenvalue weighted by atomic mass is 9.37. The Hall–Kier alpha value is -0.570. The molecular formula is C27H44O3. The summed E-state index contributed by atoms with van der Waals surface area (Å²) >= 11 is 0. The molecule has 0 aromatic heterocycles. The van der Waals surface area contributed by atoms with Crippen LogP contribution in [0.1, 0.15) is 98.3 Å². The van der Waals surface area contributed by atoms with Crippen LogP contribution in [0, 0.1) is 51.8 Å². The van der Waals surface area contributed by atoms with Crippen molar-refractivity contribution >= 4 is 5.97 Å². The number of hydrogen-bond donors (Lipinski definition) is 1. The molecule has 5 fully saturated rings. The zero-order valence-corrected chi connectivity index (χ0v) is 19.8. The lowest BCUT2D eigenvalue weighted by Gasteiger charge is -2.67. The molecule has 0 aromatic carbocycles. The van der Waals surface area contributed by atoms with Gasteiger partial charge in [0.2, 0.25) is 0 Å². The number of hydrogen-bond acceptors (Lipinski definition) is 3. The van der Waals surface area contributed by atoms with Crippen LogP contribution in [0.5, 0.6) is 0 Å². The highest BCUT2D eigenvalue weighted by atomic mass is 16.5. The third-order valence-corrected chi connectivity index (χ3v) is 11.9. The highest BCUT2D eigenvalue weighted by molar-refractivity contribution is 5.66. The number of fused-ring (bicyclic) bond motifs is 7. The molecule has 170 valence electrons. The normalized spacial score (nSPS) is 55.0. The minimum atomic E-state index is -0.109. The molecule has 1 N–H and O–H groups in total. The second-order valence-electron chi connectivity index (χ2n) is 12.7. The molecule has 3 nitrogen and oxygen atoms in total. The van der Waals surface area contributed by atoms with Crippen LogP contribution in [0.4, 0.5) is 0 Å². The van der Waals surface area contributed by atoms with Gasteiger partial charge >= 0.3 is 5.97 Å². The van der Waals surface area contributed by atoms with Crippen molar-refractivity contribution in [3.63, 3.8) is 0 Å². The first-order valence-corrected chi connectivity index (χ1v) is 13.0. The van der Waals surface area contributed by atoms with Gasteiger partial charge in [-0.15, -0.1) is 0 Å². The summed E-state index contributed by atoms with van der Waals surface area (Å²) in [6, 6.07) is 0. The molecule has 5 rings (SSSR count). The van der Waals surface area contributed by atoms with Crippen LogP contribution in [-0.4, -0.2) is 23.8 Å². The number of esters is 1. The average molecular weight is 417 g/mol. The maximum absolute atomic E-state index is 11.6. The summed E-state index contributed by atoms with van der Waals surface area (Å²) in [6.45, 7) is 9.63. The average Bonchev–Trinajstić information content (AvgIpc) is 3.15. The number of aliphatic hydroxyl groups excluding tert-OH is 1. The van der Waals surface area contributed by atoms with E-state index in [4.69, 9.17) is 4.74 Å². The molecule has 10 unspecified atom stereocenters. The Bertz CT molecular complexity index is 690. The summed E-state index contributed by atoms with van der Waals surface area (Å²) in [5.74, 6) is 4.37. The smallest absolute Gasteiger partial charge is 0.302 e. The summed E-state index contributed by atoms with van der Waals surface area (Å²) in [4.78, 5) is 11.6. The van der Waals surface area contributed by atoms with Gasteiger partial charge in [-0.2, -0.15) is 0 Å². The van der Waals surface area contributed by atoms with Crippen LogP contribution < -0.4 is 0 Å². The van der Waals surface area contributed by atoms with Crippen LogP contribution in [0.25, 0.3) is 0 Å². The van der Waals surface area contributed by atoms with E-state index in [9.17, 15) is 9.90 Å². The van der Waals surface area contributed by atoms with Gasteiger partial charge in [0, 0.05) is 13.5 Å². The van der Waals surface area contributed by atoms with Crippen molar-refractivity contribution in [3.05, 3.63) is 0 Å². The van der Waals surface area contributed by atoms with Crippen LogP contribution >= 0.6 is 0 Å². The fourth-order valence-electron chi connectivity index (χ4n) is 10.6. The van der Waals surface area contributed by atoms with E-state index < -0.39 is 0 Å². The first-order chi connectivity index (χ1) is 14.2. The van der Waals surface area contributed by atoms with Crippen molar-refractivity contribution in [2.45, 2.75) is 104 Å². The molecule has 5 aliphatic carbocycles.